The molecule has 2 rings (SSSR count). The maximum Gasteiger partial charge on any atom is 0.251 e. The van der Waals surface area contributed by atoms with E-state index in [2.05, 4.69) is 5.32 Å². The third-order valence-corrected chi connectivity index (χ3v) is 2.98. The summed E-state index contributed by atoms with van der Waals surface area (Å²) in [5.41, 5.74) is 7.66. The van der Waals surface area contributed by atoms with Crippen molar-refractivity contribution in [2.24, 2.45) is 0 Å². The minimum atomic E-state index is -0.434. The summed E-state index contributed by atoms with van der Waals surface area (Å²) in [4.78, 5) is 11.8. The number of anilines is 1. The molecular weight excluding hydrogens is 271 g/mol. The van der Waals surface area contributed by atoms with Crippen LogP contribution in [-0.2, 0) is 0 Å². The molecule has 0 aliphatic rings. The summed E-state index contributed by atoms with van der Waals surface area (Å²) in [7, 11) is 0. The van der Waals surface area contributed by atoms with E-state index in [4.69, 9.17) is 10.5 Å². The van der Waals surface area contributed by atoms with Gasteiger partial charge in [-0.25, -0.2) is 4.39 Å². The number of carbonyl (C=O) groups excluding carboxylic acids is 1. The molecule has 2 aromatic carbocycles. The molecule has 0 aromatic heterocycles. The van der Waals surface area contributed by atoms with E-state index in [9.17, 15) is 9.18 Å². The molecule has 0 aliphatic heterocycles. The first-order valence-electron chi connectivity index (χ1n) is 6.59. The van der Waals surface area contributed by atoms with E-state index in [-0.39, 0.29) is 5.91 Å². The predicted octanol–water partition coefficient (Wildman–Crippen LogP) is 2.53. The highest BCUT2D eigenvalue weighted by atomic mass is 19.1. The number of aryl methyl sites for hydroxylation is 1. The molecule has 0 bridgehead atoms. The highest BCUT2D eigenvalue weighted by Gasteiger charge is 2.05. The second kappa shape index (κ2) is 6.74. The zero-order valence-electron chi connectivity index (χ0n) is 11.7. The Morgan fingerprint density at radius 1 is 1.29 bits per heavy atom. The summed E-state index contributed by atoms with van der Waals surface area (Å²) < 4.78 is 18.5. The zero-order valence-corrected chi connectivity index (χ0v) is 11.7. The normalized spacial score (nSPS) is 10.2. The molecule has 110 valence electrons. The van der Waals surface area contributed by atoms with E-state index < -0.39 is 5.82 Å². The van der Waals surface area contributed by atoms with Crippen molar-refractivity contribution in [2.75, 3.05) is 18.9 Å². The molecule has 1 amide bonds. The summed E-state index contributed by atoms with van der Waals surface area (Å²) in [5.74, 6) is -0.0652. The lowest BCUT2D eigenvalue weighted by Crippen LogP contribution is -2.28. The van der Waals surface area contributed by atoms with Crippen molar-refractivity contribution in [1.29, 1.82) is 0 Å². The van der Waals surface area contributed by atoms with Gasteiger partial charge in [0.15, 0.2) is 0 Å². The first-order valence-corrected chi connectivity index (χ1v) is 6.59. The van der Waals surface area contributed by atoms with E-state index in [1.54, 1.807) is 18.2 Å². The van der Waals surface area contributed by atoms with E-state index >= 15 is 0 Å². The molecule has 21 heavy (non-hydrogen) atoms. The summed E-state index contributed by atoms with van der Waals surface area (Å²) in [5, 5.41) is 2.67. The van der Waals surface area contributed by atoms with Crippen molar-refractivity contribution in [3.8, 4) is 5.75 Å². The average Bonchev–Trinajstić information content (AvgIpc) is 2.47. The maximum atomic E-state index is 13.0. The van der Waals surface area contributed by atoms with Crippen molar-refractivity contribution in [2.45, 2.75) is 6.92 Å². The Morgan fingerprint density at radius 3 is 2.81 bits per heavy atom. The Labute approximate surface area is 122 Å². The fourth-order valence-corrected chi connectivity index (χ4v) is 1.80. The van der Waals surface area contributed by atoms with Gasteiger partial charge in [-0.1, -0.05) is 6.07 Å². The van der Waals surface area contributed by atoms with Gasteiger partial charge in [0.1, 0.15) is 18.2 Å². The standard InChI is InChI=1S/C16H17FN2O2/c1-11-9-14(5-6-15(11)18)21-8-7-19-16(20)12-3-2-4-13(17)10-12/h2-6,9-10H,7-8,18H2,1H3,(H,19,20). The smallest absolute Gasteiger partial charge is 0.251 e. The number of nitrogen functional groups attached to an aromatic ring is 1. The fraction of sp³-hybridized carbons (Fsp3) is 0.188. The second-order valence-corrected chi connectivity index (χ2v) is 4.63. The number of hydrogen-bond donors (Lipinski definition) is 2. The first-order chi connectivity index (χ1) is 10.1. The van der Waals surface area contributed by atoms with Gasteiger partial charge in [0, 0.05) is 11.3 Å². The third-order valence-electron chi connectivity index (χ3n) is 2.98. The van der Waals surface area contributed by atoms with Crippen LogP contribution in [0.4, 0.5) is 10.1 Å². The van der Waals surface area contributed by atoms with Crippen LogP contribution in [-0.4, -0.2) is 19.1 Å². The zero-order chi connectivity index (χ0) is 15.2. The van der Waals surface area contributed by atoms with Crippen LogP contribution in [0.5, 0.6) is 5.75 Å². The lowest BCUT2D eigenvalue weighted by Gasteiger charge is -2.09. The van der Waals surface area contributed by atoms with Crippen molar-refractivity contribution in [3.05, 3.63) is 59.4 Å². The van der Waals surface area contributed by atoms with Gasteiger partial charge >= 0.3 is 0 Å². The minimum absolute atomic E-state index is 0.290. The van der Waals surface area contributed by atoms with Gasteiger partial charge in [-0.15, -0.1) is 0 Å². The van der Waals surface area contributed by atoms with E-state index in [1.165, 1.54) is 18.2 Å². The first kappa shape index (κ1) is 14.8. The monoisotopic (exact) mass is 288 g/mol. The summed E-state index contributed by atoms with van der Waals surface area (Å²) >= 11 is 0. The van der Waals surface area contributed by atoms with Crippen molar-refractivity contribution in [1.82, 2.24) is 5.32 Å². The minimum Gasteiger partial charge on any atom is -0.492 e. The van der Waals surface area contributed by atoms with Crippen LogP contribution in [0.15, 0.2) is 42.5 Å². The molecule has 4 nitrogen and oxygen atoms in total. The lowest BCUT2D eigenvalue weighted by atomic mass is 10.2. The molecule has 0 aliphatic carbocycles. The van der Waals surface area contributed by atoms with Crippen LogP contribution < -0.4 is 15.8 Å². The number of carbonyl (C=O) groups is 1. The molecule has 0 radical (unpaired) electrons. The topological polar surface area (TPSA) is 64.3 Å². The third kappa shape index (κ3) is 4.21. The van der Waals surface area contributed by atoms with Gasteiger partial charge in [-0.05, 0) is 48.9 Å². The van der Waals surface area contributed by atoms with Crippen molar-refractivity contribution in [3.63, 3.8) is 0 Å². The van der Waals surface area contributed by atoms with Crippen LogP contribution in [0.25, 0.3) is 0 Å². The van der Waals surface area contributed by atoms with E-state index in [0.29, 0.717) is 30.2 Å². The van der Waals surface area contributed by atoms with Crippen molar-refractivity contribution < 1.29 is 13.9 Å². The second-order valence-electron chi connectivity index (χ2n) is 4.63. The number of amides is 1. The Balaban J connectivity index is 1.79. The molecule has 0 fully saturated rings. The van der Waals surface area contributed by atoms with Gasteiger partial charge in [0.2, 0.25) is 0 Å². The fourth-order valence-electron chi connectivity index (χ4n) is 1.80. The lowest BCUT2D eigenvalue weighted by molar-refractivity contribution is 0.0946. The Bertz CT molecular complexity index is 644. The van der Waals surface area contributed by atoms with Crippen LogP contribution in [0.3, 0.4) is 0 Å². The largest absolute Gasteiger partial charge is 0.492 e. The van der Waals surface area contributed by atoms with E-state index in [0.717, 1.165) is 5.56 Å². The molecule has 0 atom stereocenters. The summed E-state index contributed by atoms with van der Waals surface area (Å²) in [6.07, 6.45) is 0. The highest BCUT2D eigenvalue weighted by molar-refractivity contribution is 5.94. The van der Waals surface area contributed by atoms with Crippen LogP contribution >= 0.6 is 0 Å². The Hall–Kier alpha value is -2.56. The Morgan fingerprint density at radius 2 is 2.10 bits per heavy atom. The number of hydrogen-bond acceptors (Lipinski definition) is 3. The van der Waals surface area contributed by atoms with Gasteiger partial charge in [-0.2, -0.15) is 0 Å². The summed E-state index contributed by atoms with van der Waals surface area (Å²) in [6, 6.07) is 10.9. The molecule has 0 saturated carbocycles. The highest BCUT2D eigenvalue weighted by Crippen LogP contribution is 2.18. The van der Waals surface area contributed by atoms with Gasteiger partial charge in [0.05, 0.1) is 6.54 Å². The van der Waals surface area contributed by atoms with Gasteiger partial charge in [0.25, 0.3) is 5.91 Å². The quantitative estimate of drug-likeness (QED) is 0.656. The molecule has 0 saturated heterocycles. The van der Waals surface area contributed by atoms with Crippen LogP contribution in [0, 0.1) is 12.7 Å². The number of rotatable bonds is 5. The average molecular weight is 288 g/mol. The Kier molecular flexibility index (Phi) is 4.77. The van der Waals surface area contributed by atoms with Crippen LogP contribution in [0.2, 0.25) is 0 Å². The molecule has 3 N–H and O–H groups in total. The SMILES string of the molecule is Cc1cc(OCCNC(=O)c2cccc(F)c2)ccc1N. The number of nitrogens with two attached hydrogens (primary N) is 1. The van der Waals surface area contributed by atoms with Gasteiger partial charge in [-0.3, -0.25) is 4.79 Å². The molecule has 5 heteroatoms. The molecular formula is C16H17FN2O2. The number of halogens is 1. The maximum absolute atomic E-state index is 13.0. The number of ether oxygens (including phenoxy) is 1. The molecule has 0 unspecified atom stereocenters. The number of benzene rings is 2. The predicted molar refractivity (Wildman–Crippen MR) is 79.8 cm³/mol. The summed E-state index contributed by atoms with van der Waals surface area (Å²) in [6.45, 7) is 2.55. The molecule has 0 spiro atoms. The molecule has 0 heterocycles. The number of nitrogens with one attached hydrogen (secondary N) is 1. The van der Waals surface area contributed by atoms with Gasteiger partial charge < -0.3 is 15.8 Å². The van der Waals surface area contributed by atoms with E-state index in [1.807, 2.05) is 13.0 Å². The molecule has 2 aromatic rings. The van der Waals surface area contributed by atoms with Crippen LogP contribution in [0.1, 0.15) is 15.9 Å². The van der Waals surface area contributed by atoms with Crippen molar-refractivity contribution >= 4 is 11.6 Å².